The van der Waals surface area contributed by atoms with Crippen LogP contribution in [-0.2, 0) is 9.53 Å². The Bertz CT molecular complexity index is 624. The number of nitrogens with one attached hydrogen (secondary N) is 1. The SMILES string of the molecule is CC(C)(C)OC(=O)N1CC2CCC(F)(CC/C(=N/N)NN)CC2CC1C(=O)O. The highest BCUT2D eigenvalue weighted by atomic mass is 19.1. The van der Waals surface area contributed by atoms with Crippen LogP contribution in [0.3, 0.4) is 0 Å². The summed E-state index contributed by atoms with van der Waals surface area (Å²) in [5, 5.41) is 13.1. The third-order valence-corrected chi connectivity index (χ3v) is 5.64. The van der Waals surface area contributed by atoms with E-state index in [-0.39, 0.29) is 44.1 Å². The summed E-state index contributed by atoms with van der Waals surface area (Å²) in [5.74, 6) is 9.66. The topological polar surface area (TPSA) is 143 Å². The first-order valence-corrected chi connectivity index (χ1v) is 9.63. The van der Waals surface area contributed by atoms with Gasteiger partial charge in [0, 0.05) is 13.0 Å². The number of nitrogens with two attached hydrogens (primary N) is 2. The van der Waals surface area contributed by atoms with Crippen LogP contribution in [0.5, 0.6) is 0 Å². The average Bonchev–Trinajstić information content (AvgIpc) is 2.59. The zero-order valence-corrected chi connectivity index (χ0v) is 16.8. The number of carboxylic acids is 1. The number of hydrazone groups is 1. The molecule has 1 heterocycles. The highest BCUT2D eigenvalue weighted by molar-refractivity contribution is 5.81. The number of aliphatic carboxylic acids is 1. The second kappa shape index (κ2) is 8.50. The van der Waals surface area contributed by atoms with Gasteiger partial charge in [0.25, 0.3) is 0 Å². The molecule has 4 atom stereocenters. The van der Waals surface area contributed by atoms with Crippen LogP contribution < -0.4 is 17.1 Å². The molecular weight excluding hydrogens is 369 g/mol. The Labute approximate surface area is 164 Å². The molecule has 4 unspecified atom stereocenters. The van der Waals surface area contributed by atoms with Crippen molar-refractivity contribution in [1.29, 1.82) is 0 Å². The molecule has 2 fully saturated rings. The molecular formula is C18H32FN5O4. The molecule has 1 amide bonds. The lowest BCUT2D eigenvalue weighted by Gasteiger charge is -2.48. The molecule has 2 aliphatic rings. The average molecular weight is 401 g/mol. The number of carbonyl (C=O) groups excluding carboxylic acids is 1. The normalized spacial score (nSPS) is 31.1. The summed E-state index contributed by atoms with van der Waals surface area (Å²) in [7, 11) is 0. The van der Waals surface area contributed by atoms with E-state index in [0.29, 0.717) is 18.7 Å². The molecule has 0 aromatic heterocycles. The maximum Gasteiger partial charge on any atom is 0.411 e. The van der Waals surface area contributed by atoms with Gasteiger partial charge in [0.15, 0.2) is 0 Å². The monoisotopic (exact) mass is 401 g/mol. The summed E-state index contributed by atoms with van der Waals surface area (Å²) in [6.07, 6.45) is 1.27. The number of fused-ring (bicyclic) bond motifs is 1. The molecule has 6 N–H and O–H groups in total. The summed E-state index contributed by atoms with van der Waals surface area (Å²) in [4.78, 5) is 25.6. The van der Waals surface area contributed by atoms with Crippen LogP contribution in [0.2, 0.25) is 0 Å². The molecule has 28 heavy (non-hydrogen) atoms. The van der Waals surface area contributed by atoms with E-state index in [1.165, 1.54) is 4.90 Å². The zero-order chi connectivity index (χ0) is 21.1. The van der Waals surface area contributed by atoms with Crippen molar-refractivity contribution in [3.05, 3.63) is 0 Å². The van der Waals surface area contributed by atoms with E-state index in [4.69, 9.17) is 16.4 Å². The summed E-state index contributed by atoms with van der Waals surface area (Å²) in [6.45, 7) is 5.48. The summed E-state index contributed by atoms with van der Waals surface area (Å²) in [5.41, 5.74) is 0.209. The van der Waals surface area contributed by atoms with Crippen molar-refractivity contribution >= 4 is 17.9 Å². The number of carboxylic acid groups (broad SMARTS) is 1. The van der Waals surface area contributed by atoms with Crippen molar-refractivity contribution in [1.82, 2.24) is 10.3 Å². The first kappa shape index (κ1) is 22.2. The lowest BCUT2D eigenvalue weighted by atomic mass is 9.67. The number of nitrogens with zero attached hydrogens (tertiary/aromatic N) is 2. The molecule has 0 aromatic carbocycles. The fourth-order valence-corrected chi connectivity index (χ4v) is 4.23. The number of alkyl halides is 1. The molecule has 2 rings (SSSR count). The number of piperidine rings is 1. The molecule has 0 radical (unpaired) electrons. The molecule has 9 nitrogen and oxygen atoms in total. The van der Waals surface area contributed by atoms with Crippen LogP contribution in [0.4, 0.5) is 9.18 Å². The smallest absolute Gasteiger partial charge is 0.411 e. The van der Waals surface area contributed by atoms with Gasteiger partial charge in [-0.2, -0.15) is 5.10 Å². The van der Waals surface area contributed by atoms with Crippen molar-refractivity contribution in [3.63, 3.8) is 0 Å². The van der Waals surface area contributed by atoms with Gasteiger partial charge in [-0.1, -0.05) is 0 Å². The Hall–Kier alpha value is -2.10. The lowest BCUT2D eigenvalue weighted by molar-refractivity contribution is -0.147. The van der Waals surface area contributed by atoms with Crippen LogP contribution >= 0.6 is 0 Å². The molecule has 160 valence electrons. The number of halogens is 1. The second-order valence-corrected chi connectivity index (χ2v) is 8.86. The van der Waals surface area contributed by atoms with E-state index in [9.17, 15) is 14.7 Å². The van der Waals surface area contributed by atoms with Gasteiger partial charge in [0.1, 0.15) is 23.1 Å². The third kappa shape index (κ3) is 5.46. The molecule has 1 saturated carbocycles. The first-order valence-electron chi connectivity index (χ1n) is 9.63. The number of hydrogen-bond donors (Lipinski definition) is 4. The summed E-state index contributed by atoms with van der Waals surface area (Å²) >= 11 is 0. The van der Waals surface area contributed by atoms with Gasteiger partial charge in [-0.25, -0.2) is 19.8 Å². The maximum absolute atomic E-state index is 15.4. The van der Waals surface area contributed by atoms with Gasteiger partial charge in [0.05, 0.1) is 0 Å². The number of hydrogen-bond acceptors (Lipinski definition) is 6. The van der Waals surface area contributed by atoms with Gasteiger partial charge in [-0.15, -0.1) is 0 Å². The fourth-order valence-electron chi connectivity index (χ4n) is 4.23. The highest BCUT2D eigenvalue weighted by Crippen LogP contribution is 2.46. The van der Waals surface area contributed by atoms with Gasteiger partial charge in [-0.05, 0) is 64.7 Å². The van der Waals surface area contributed by atoms with Gasteiger partial charge in [-0.3, -0.25) is 4.90 Å². The molecule has 0 bridgehead atoms. The second-order valence-electron chi connectivity index (χ2n) is 8.86. The molecule has 1 saturated heterocycles. The molecule has 1 aliphatic carbocycles. The number of ether oxygens (including phenoxy) is 1. The van der Waals surface area contributed by atoms with Crippen molar-refractivity contribution in [2.45, 2.75) is 76.6 Å². The first-order chi connectivity index (χ1) is 13.0. The standard InChI is InChI=1S/C18H32FN5O4/c1-17(2,3)28-16(27)24-10-11-4-6-18(19,7-5-14(22-20)23-21)9-12(11)8-13(24)15(25)26/h11-13H,4-10,20-21H2,1-3H3,(H,22,23)(H,25,26). The minimum Gasteiger partial charge on any atom is -0.480 e. The van der Waals surface area contributed by atoms with Crippen LogP contribution in [0, 0.1) is 11.8 Å². The van der Waals surface area contributed by atoms with E-state index < -0.39 is 29.4 Å². The third-order valence-electron chi connectivity index (χ3n) is 5.64. The summed E-state index contributed by atoms with van der Waals surface area (Å²) < 4.78 is 20.7. The Balaban J connectivity index is 2.07. The van der Waals surface area contributed by atoms with Crippen molar-refractivity contribution in [2.24, 2.45) is 28.6 Å². The van der Waals surface area contributed by atoms with E-state index in [2.05, 4.69) is 10.5 Å². The quantitative estimate of drug-likeness (QED) is 0.243. The Morgan fingerprint density at radius 2 is 2.07 bits per heavy atom. The van der Waals surface area contributed by atoms with Gasteiger partial charge in [0.2, 0.25) is 0 Å². The number of hydrazine groups is 1. The number of carbonyl (C=O) groups is 2. The van der Waals surface area contributed by atoms with Crippen LogP contribution in [0.1, 0.15) is 59.3 Å². The number of amidine groups is 1. The number of amides is 1. The number of rotatable bonds is 4. The van der Waals surface area contributed by atoms with Crippen molar-refractivity contribution < 1.29 is 23.8 Å². The van der Waals surface area contributed by atoms with Crippen molar-refractivity contribution in [3.8, 4) is 0 Å². The minimum atomic E-state index is -1.43. The van der Waals surface area contributed by atoms with Crippen LogP contribution in [0.15, 0.2) is 5.10 Å². The minimum absolute atomic E-state index is 0.0577. The van der Waals surface area contributed by atoms with Crippen molar-refractivity contribution in [2.75, 3.05) is 6.54 Å². The highest BCUT2D eigenvalue weighted by Gasteiger charge is 2.48. The fraction of sp³-hybridized carbons (Fsp3) is 0.833. The van der Waals surface area contributed by atoms with E-state index in [1.54, 1.807) is 20.8 Å². The van der Waals surface area contributed by atoms with E-state index in [0.717, 1.165) is 0 Å². The Morgan fingerprint density at radius 1 is 1.39 bits per heavy atom. The molecule has 0 aromatic rings. The van der Waals surface area contributed by atoms with Crippen LogP contribution in [-0.4, -0.2) is 51.8 Å². The predicted molar refractivity (Wildman–Crippen MR) is 102 cm³/mol. The Kier molecular flexibility index (Phi) is 6.74. The molecule has 1 aliphatic heterocycles. The number of likely N-dealkylation sites (tertiary alicyclic amines) is 1. The molecule has 0 spiro atoms. The lowest BCUT2D eigenvalue weighted by Crippen LogP contribution is -2.56. The Morgan fingerprint density at radius 3 is 2.61 bits per heavy atom. The zero-order valence-electron chi connectivity index (χ0n) is 16.8. The van der Waals surface area contributed by atoms with Gasteiger partial charge >= 0.3 is 12.1 Å². The summed E-state index contributed by atoms with van der Waals surface area (Å²) in [6, 6.07) is -1.01. The maximum atomic E-state index is 15.4. The largest absolute Gasteiger partial charge is 0.480 e. The van der Waals surface area contributed by atoms with E-state index in [1.807, 2.05) is 0 Å². The van der Waals surface area contributed by atoms with E-state index >= 15 is 4.39 Å². The molecule has 10 heteroatoms. The van der Waals surface area contributed by atoms with Gasteiger partial charge < -0.3 is 21.1 Å². The van der Waals surface area contributed by atoms with Crippen LogP contribution in [0.25, 0.3) is 0 Å². The predicted octanol–water partition coefficient (Wildman–Crippen LogP) is 1.72.